The molecule has 0 amide bonds. The normalized spacial score (nSPS) is 20.7. The van der Waals surface area contributed by atoms with Crippen LogP contribution in [0.2, 0.25) is 0 Å². The van der Waals surface area contributed by atoms with Crippen LogP contribution in [0.1, 0.15) is 44.2 Å². The van der Waals surface area contributed by atoms with Crippen molar-refractivity contribution in [1.82, 2.24) is 5.32 Å². The Morgan fingerprint density at radius 3 is 2.05 bits per heavy atom. The molecular formula is C17H25NO2S. The lowest BCUT2D eigenvalue weighted by molar-refractivity contribution is 0.362. The summed E-state index contributed by atoms with van der Waals surface area (Å²) in [6, 6.07) is 7.55. The van der Waals surface area contributed by atoms with Crippen LogP contribution in [0.15, 0.2) is 29.2 Å². The molecule has 3 nitrogen and oxygen atoms in total. The first-order chi connectivity index (χ1) is 9.95. The summed E-state index contributed by atoms with van der Waals surface area (Å²) < 4.78 is 23.0. The zero-order chi connectivity index (χ0) is 15.0. The van der Waals surface area contributed by atoms with E-state index in [1.165, 1.54) is 31.9 Å². The predicted octanol–water partition coefficient (Wildman–Crippen LogP) is 3.18. The van der Waals surface area contributed by atoms with Crippen LogP contribution < -0.4 is 5.32 Å². The zero-order valence-corrected chi connectivity index (χ0v) is 13.7. The molecule has 1 N–H and O–H groups in total. The van der Waals surface area contributed by atoms with Gasteiger partial charge in [-0.15, -0.1) is 0 Å². The van der Waals surface area contributed by atoms with Gasteiger partial charge in [-0.1, -0.05) is 12.1 Å². The van der Waals surface area contributed by atoms with Gasteiger partial charge in [-0.2, -0.15) is 0 Å². The van der Waals surface area contributed by atoms with Crippen molar-refractivity contribution in [3.05, 3.63) is 29.8 Å². The molecule has 2 fully saturated rings. The molecule has 0 bridgehead atoms. The lowest BCUT2D eigenvalue weighted by Crippen LogP contribution is -2.28. The minimum absolute atomic E-state index is 0.276. The molecule has 0 saturated heterocycles. The number of rotatable bonds is 7. The van der Waals surface area contributed by atoms with Gasteiger partial charge < -0.3 is 5.32 Å². The third kappa shape index (κ3) is 3.86. The van der Waals surface area contributed by atoms with Crippen LogP contribution in [0.25, 0.3) is 0 Å². The second-order valence-corrected chi connectivity index (χ2v) is 8.83. The van der Waals surface area contributed by atoms with E-state index in [0.29, 0.717) is 4.90 Å². The topological polar surface area (TPSA) is 46.2 Å². The van der Waals surface area contributed by atoms with Crippen molar-refractivity contribution in [3.8, 4) is 0 Å². The number of hydrogen-bond donors (Lipinski definition) is 1. The Bertz CT molecular complexity index is 574. The van der Waals surface area contributed by atoms with Gasteiger partial charge in [0.1, 0.15) is 0 Å². The van der Waals surface area contributed by atoms with Crippen molar-refractivity contribution < 1.29 is 8.42 Å². The van der Waals surface area contributed by atoms with Crippen molar-refractivity contribution in [2.45, 2.75) is 43.5 Å². The molecule has 21 heavy (non-hydrogen) atoms. The number of hydrogen-bond acceptors (Lipinski definition) is 3. The SMILES string of the molecule is CC(NCC(C1CC1)C1CC1)c1ccc(S(C)(=O)=O)cc1. The molecular weight excluding hydrogens is 282 g/mol. The van der Waals surface area contributed by atoms with E-state index in [0.717, 1.165) is 29.9 Å². The van der Waals surface area contributed by atoms with Crippen LogP contribution in [0.5, 0.6) is 0 Å². The van der Waals surface area contributed by atoms with Gasteiger partial charge in [0.25, 0.3) is 0 Å². The fourth-order valence-electron chi connectivity index (χ4n) is 3.20. The average molecular weight is 307 g/mol. The fraction of sp³-hybridized carbons (Fsp3) is 0.647. The van der Waals surface area contributed by atoms with E-state index in [1.807, 2.05) is 12.1 Å². The molecule has 0 aliphatic heterocycles. The van der Waals surface area contributed by atoms with Crippen LogP contribution >= 0.6 is 0 Å². The molecule has 3 rings (SSSR count). The van der Waals surface area contributed by atoms with E-state index < -0.39 is 9.84 Å². The quantitative estimate of drug-likeness (QED) is 0.841. The summed E-state index contributed by atoms with van der Waals surface area (Å²) in [5.41, 5.74) is 1.16. The lowest BCUT2D eigenvalue weighted by Gasteiger charge is -2.21. The number of benzene rings is 1. The highest BCUT2D eigenvalue weighted by atomic mass is 32.2. The van der Waals surface area contributed by atoms with Crippen LogP contribution in [0.4, 0.5) is 0 Å². The van der Waals surface area contributed by atoms with E-state index in [2.05, 4.69) is 12.2 Å². The fourth-order valence-corrected chi connectivity index (χ4v) is 3.83. The van der Waals surface area contributed by atoms with Gasteiger partial charge in [0, 0.05) is 12.3 Å². The molecule has 0 heterocycles. The van der Waals surface area contributed by atoms with Gasteiger partial charge in [-0.25, -0.2) is 8.42 Å². The Morgan fingerprint density at radius 1 is 1.10 bits per heavy atom. The zero-order valence-electron chi connectivity index (χ0n) is 12.9. The van der Waals surface area contributed by atoms with Gasteiger partial charge >= 0.3 is 0 Å². The van der Waals surface area contributed by atoms with Gasteiger partial charge in [0.05, 0.1) is 4.90 Å². The van der Waals surface area contributed by atoms with Gasteiger partial charge in [-0.3, -0.25) is 0 Å². The molecule has 1 aromatic carbocycles. The molecule has 4 heteroatoms. The van der Waals surface area contributed by atoms with E-state index in [4.69, 9.17) is 0 Å². The maximum Gasteiger partial charge on any atom is 0.175 e. The lowest BCUT2D eigenvalue weighted by atomic mass is 9.97. The Balaban J connectivity index is 1.58. The van der Waals surface area contributed by atoms with Gasteiger partial charge in [0.15, 0.2) is 9.84 Å². The maximum absolute atomic E-state index is 11.5. The highest BCUT2D eigenvalue weighted by Crippen LogP contribution is 2.48. The predicted molar refractivity (Wildman–Crippen MR) is 84.9 cm³/mol. The van der Waals surface area contributed by atoms with Crippen molar-refractivity contribution in [3.63, 3.8) is 0 Å². The highest BCUT2D eigenvalue weighted by Gasteiger charge is 2.41. The van der Waals surface area contributed by atoms with Crippen LogP contribution in [-0.2, 0) is 9.84 Å². The first-order valence-electron chi connectivity index (χ1n) is 7.98. The van der Waals surface area contributed by atoms with Crippen molar-refractivity contribution >= 4 is 9.84 Å². The summed E-state index contributed by atoms with van der Waals surface area (Å²) in [6.07, 6.45) is 6.92. The molecule has 2 aliphatic carbocycles. The summed E-state index contributed by atoms with van der Waals surface area (Å²) in [5.74, 6) is 2.79. The van der Waals surface area contributed by atoms with Crippen molar-refractivity contribution in [1.29, 1.82) is 0 Å². The second kappa shape index (κ2) is 5.73. The van der Waals surface area contributed by atoms with Crippen LogP contribution in [0.3, 0.4) is 0 Å². The Hall–Kier alpha value is -0.870. The minimum atomic E-state index is -3.10. The Kier molecular flexibility index (Phi) is 4.10. The van der Waals surface area contributed by atoms with Crippen molar-refractivity contribution in [2.75, 3.05) is 12.8 Å². The van der Waals surface area contributed by atoms with E-state index >= 15 is 0 Å². The Labute approximate surface area is 128 Å². The summed E-state index contributed by atoms with van der Waals surface area (Å²) in [5, 5.41) is 3.65. The van der Waals surface area contributed by atoms with E-state index in [9.17, 15) is 8.42 Å². The molecule has 1 aromatic rings. The standard InChI is InChI=1S/C17H25NO2S/c1-12(13-7-9-16(10-8-13)21(2,19)20)18-11-17(14-3-4-14)15-5-6-15/h7-10,12,14-15,17-18H,3-6,11H2,1-2H3. The molecule has 0 spiro atoms. The molecule has 2 aliphatic rings. The summed E-state index contributed by atoms with van der Waals surface area (Å²) in [4.78, 5) is 0.396. The molecule has 1 unspecified atom stereocenters. The molecule has 116 valence electrons. The average Bonchev–Trinajstić information content (AvgIpc) is 3.31. The number of nitrogens with one attached hydrogen (secondary N) is 1. The molecule has 1 atom stereocenters. The summed E-state index contributed by atoms with van der Waals surface area (Å²) in [7, 11) is -3.10. The largest absolute Gasteiger partial charge is 0.310 e. The Morgan fingerprint density at radius 2 is 1.62 bits per heavy atom. The third-order valence-electron chi connectivity index (χ3n) is 4.92. The second-order valence-electron chi connectivity index (χ2n) is 6.81. The molecule has 0 radical (unpaired) electrons. The monoisotopic (exact) mass is 307 g/mol. The number of sulfone groups is 1. The third-order valence-corrected chi connectivity index (χ3v) is 6.05. The van der Waals surface area contributed by atoms with Gasteiger partial charge in [0.2, 0.25) is 0 Å². The highest BCUT2D eigenvalue weighted by molar-refractivity contribution is 7.90. The van der Waals surface area contributed by atoms with E-state index in [-0.39, 0.29) is 6.04 Å². The first kappa shape index (κ1) is 15.0. The van der Waals surface area contributed by atoms with E-state index in [1.54, 1.807) is 12.1 Å². The molecule has 0 aromatic heterocycles. The first-order valence-corrected chi connectivity index (χ1v) is 9.87. The maximum atomic E-state index is 11.5. The van der Waals surface area contributed by atoms with Crippen LogP contribution in [0, 0.1) is 17.8 Å². The summed E-state index contributed by atoms with van der Waals surface area (Å²) in [6.45, 7) is 3.26. The smallest absolute Gasteiger partial charge is 0.175 e. The minimum Gasteiger partial charge on any atom is -0.310 e. The van der Waals surface area contributed by atoms with Crippen LogP contribution in [-0.4, -0.2) is 21.2 Å². The van der Waals surface area contributed by atoms with Gasteiger partial charge in [-0.05, 0) is 74.6 Å². The molecule has 2 saturated carbocycles. The summed E-state index contributed by atoms with van der Waals surface area (Å²) >= 11 is 0. The van der Waals surface area contributed by atoms with Crippen molar-refractivity contribution in [2.24, 2.45) is 17.8 Å².